The Balaban J connectivity index is 1.65. The van der Waals surface area contributed by atoms with Crippen LogP contribution in [0.25, 0.3) is 11.3 Å². The number of fused-ring (bicyclic) bond motifs is 1. The molecule has 0 aliphatic heterocycles. The highest BCUT2D eigenvalue weighted by Gasteiger charge is 2.29. The minimum atomic E-state index is -0.787. The first-order chi connectivity index (χ1) is 19.3. The van der Waals surface area contributed by atoms with Crippen LogP contribution in [-0.4, -0.2) is 48.9 Å². The summed E-state index contributed by atoms with van der Waals surface area (Å²) >= 11 is 0. The molecule has 218 valence electrons. The molecule has 0 radical (unpaired) electrons. The molecule has 1 unspecified atom stereocenters. The van der Waals surface area contributed by atoms with Gasteiger partial charge in [0.05, 0.1) is 22.5 Å². The first-order valence-electron chi connectivity index (χ1n) is 13.2. The molecule has 3 aromatic heterocycles. The van der Waals surface area contributed by atoms with Crippen molar-refractivity contribution in [1.29, 1.82) is 0 Å². The molecule has 0 aliphatic carbocycles. The normalized spacial score (nSPS) is 13.1. The maximum Gasteiger partial charge on any atom is 0.408 e. The summed E-state index contributed by atoms with van der Waals surface area (Å²) in [5.74, 6) is -1.71. The van der Waals surface area contributed by atoms with Crippen molar-refractivity contribution in [3.63, 3.8) is 0 Å². The van der Waals surface area contributed by atoms with Gasteiger partial charge in [-0.1, -0.05) is 13.0 Å². The number of halogens is 2. The number of benzene rings is 1. The topological polar surface area (TPSA) is 112 Å². The van der Waals surface area contributed by atoms with Crippen molar-refractivity contribution in [3.8, 4) is 11.4 Å². The average molecular weight is 569 g/mol. The second-order valence-corrected chi connectivity index (χ2v) is 11.0. The third kappa shape index (κ3) is 6.82. The molecule has 41 heavy (non-hydrogen) atoms. The Kier molecular flexibility index (Phi) is 8.32. The van der Waals surface area contributed by atoms with E-state index < -0.39 is 41.4 Å². The summed E-state index contributed by atoms with van der Waals surface area (Å²) in [6.07, 6.45) is 4.91. The van der Waals surface area contributed by atoms with Crippen LogP contribution in [0, 0.1) is 18.6 Å². The van der Waals surface area contributed by atoms with E-state index in [2.05, 4.69) is 20.7 Å². The van der Waals surface area contributed by atoms with Crippen LogP contribution >= 0.6 is 0 Å². The van der Waals surface area contributed by atoms with E-state index in [9.17, 15) is 18.4 Å². The number of hydrogen-bond donors (Lipinski definition) is 2. The molecule has 4 aromatic rings. The molecule has 0 spiro atoms. The lowest BCUT2D eigenvalue weighted by molar-refractivity contribution is 0.0456. The second-order valence-electron chi connectivity index (χ2n) is 11.0. The van der Waals surface area contributed by atoms with Crippen LogP contribution in [0.2, 0.25) is 0 Å². The standard InChI is InChI=1S/C29H34F2N6O4/c1-7-29(6,35-27(39)41-28(3,4)5)17-32-26(38)24-18(2)34-25-23(40-16-20-21(30)10-8-11-22(20)31)14-19(15-36(24)25)37-13-9-12-33-37/h8-15H,7,16-17H2,1-6H3,(H,32,38)(H,35,39). The van der Waals surface area contributed by atoms with E-state index in [1.165, 1.54) is 6.07 Å². The number of pyridine rings is 1. The molecule has 4 rings (SSSR count). The molecule has 2 N–H and O–H groups in total. The maximum atomic E-state index is 14.3. The Morgan fingerprint density at radius 3 is 2.41 bits per heavy atom. The van der Waals surface area contributed by atoms with Crippen molar-refractivity contribution < 1.29 is 27.8 Å². The van der Waals surface area contributed by atoms with Gasteiger partial charge in [-0.05, 0) is 59.2 Å². The van der Waals surface area contributed by atoms with Crippen molar-refractivity contribution >= 4 is 17.6 Å². The van der Waals surface area contributed by atoms with Gasteiger partial charge in [0.25, 0.3) is 5.91 Å². The zero-order valence-electron chi connectivity index (χ0n) is 23.9. The first-order valence-corrected chi connectivity index (χ1v) is 13.2. The van der Waals surface area contributed by atoms with Crippen molar-refractivity contribution in [2.24, 2.45) is 0 Å². The predicted octanol–water partition coefficient (Wildman–Crippen LogP) is 5.11. The first kappa shape index (κ1) is 29.5. The number of aryl methyl sites for hydroxylation is 1. The molecule has 0 saturated heterocycles. The molecule has 3 heterocycles. The zero-order valence-corrected chi connectivity index (χ0v) is 23.9. The van der Waals surface area contributed by atoms with E-state index in [4.69, 9.17) is 9.47 Å². The predicted molar refractivity (Wildman–Crippen MR) is 148 cm³/mol. The molecule has 0 saturated carbocycles. The monoisotopic (exact) mass is 568 g/mol. The number of nitrogens with zero attached hydrogens (tertiary/aromatic N) is 4. The summed E-state index contributed by atoms with van der Waals surface area (Å²) < 4.78 is 42.9. The summed E-state index contributed by atoms with van der Waals surface area (Å²) in [6.45, 7) is 10.4. The van der Waals surface area contributed by atoms with Gasteiger partial charge in [0.1, 0.15) is 29.5 Å². The fourth-order valence-corrected chi connectivity index (χ4v) is 4.13. The number of rotatable bonds is 9. The van der Waals surface area contributed by atoms with Gasteiger partial charge in [-0.3, -0.25) is 9.20 Å². The van der Waals surface area contributed by atoms with E-state index in [1.54, 1.807) is 67.5 Å². The Bertz CT molecular complexity index is 1540. The van der Waals surface area contributed by atoms with E-state index in [-0.39, 0.29) is 29.2 Å². The van der Waals surface area contributed by atoms with Crippen LogP contribution < -0.4 is 15.4 Å². The molecule has 0 bridgehead atoms. The molecule has 12 heteroatoms. The lowest BCUT2D eigenvalue weighted by Crippen LogP contribution is -2.54. The van der Waals surface area contributed by atoms with Crippen molar-refractivity contribution in [2.45, 2.75) is 65.7 Å². The molecule has 1 aromatic carbocycles. The number of carbonyl (C=O) groups is 2. The largest absolute Gasteiger partial charge is 0.485 e. The minimum absolute atomic E-state index is 0.114. The number of ether oxygens (including phenoxy) is 2. The molecular formula is C29H34F2N6O4. The highest BCUT2D eigenvalue weighted by Crippen LogP contribution is 2.27. The Labute approximate surface area is 236 Å². The van der Waals surface area contributed by atoms with Gasteiger partial charge in [0.15, 0.2) is 11.4 Å². The molecule has 2 amide bonds. The van der Waals surface area contributed by atoms with Gasteiger partial charge in [0.2, 0.25) is 0 Å². The molecule has 0 fully saturated rings. The SMILES string of the molecule is CCC(C)(CNC(=O)c1c(C)nc2c(OCc3c(F)cccc3F)cc(-n3cccn3)cn12)NC(=O)OC(C)(C)C. The number of amides is 2. The highest BCUT2D eigenvalue weighted by molar-refractivity contribution is 5.95. The highest BCUT2D eigenvalue weighted by atomic mass is 19.1. The van der Waals surface area contributed by atoms with E-state index in [0.29, 0.717) is 17.8 Å². The van der Waals surface area contributed by atoms with Crippen LogP contribution in [0.15, 0.2) is 48.9 Å². The fourth-order valence-electron chi connectivity index (χ4n) is 4.13. The van der Waals surface area contributed by atoms with E-state index in [0.717, 1.165) is 12.1 Å². The smallest absolute Gasteiger partial charge is 0.408 e. The quantitative estimate of drug-likeness (QED) is 0.290. The molecule has 10 nitrogen and oxygen atoms in total. The van der Waals surface area contributed by atoms with Crippen molar-refractivity contribution in [1.82, 2.24) is 29.8 Å². The van der Waals surface area contributed by atoms with Gasteiger partial charge < -0.3 is 20.1 Å². The van der Waals surface area contributed by atoms with Crippen LogP contribution in [-0.2, 0) is 11.3 Å². The summed E-state index contributed by atoms with van der Waals surface area (Å²) in [7, 11) is 0. The third-order valence-electron chi connectivity index (χ3n) is 6.49. The number of imidazole rings is 1. The molecular weight excluding hydrogens is 534 g/mol. The fraction of sp³-hybridized carbons (Fsp3) is 0.379. The number of nitrogens with one attached hydrogen (secondary N) is 2. The minimum Gasteiger partial charge on any atom is -0.485 e. The number of aromatic nitrogens is 4. The van der Waals surface area contributed by atoms with Gasteiger partial charge in [0, 0.05) is 31.2 Å². The Morgan fingerprint density at radius 2 is 1.80 bits per heavy atom. The zero-order chi connectivity index (χ0) is 29.9. The van der Waals surface area contributed by atoms with Crippen LogP contribution in [0.1, 0.15) is 62.8 Å². The van der Waals surface area contributed by atoms with Gasteiger partial charge >= 0.3 is 6.09 Å². The Hall–Kier alpha value is -4.48. The average Bonchev–Trinajstić information content (AvgIpc) is 3.53. The third-order valence-corrected chi connectivity index (χ3v) is 6.49. The number of hydrogen-bond acceptors (Lipinski definition) is 6. The van der Waals surface area contributed by atoms with Gasteiger partial charge in [-0.25, -0.2) is 23.2 Å². The molecule has 0 aliphatic rings. The second kappa shape index (κ2) is 11.6. The lowest BCUT2D eigenvalue weighted by atomic mass is 9.99. The van der Waals surface area contributed by atoms with Gasteiger partial charge in [-0.15, -0.1) is 0 Å². The summed E-state index contributed by atoms with van der Waals surface area (Å²) in [5.41, 5.74) is -0.238. The number of carbonyl (C=O) groups excluding carboxylic acids is 2. The maximum absolute atomic E-state index is 14.3. The van der Waals surface area contributed by atoms with Crippen molar-refractivity contribution in [2.75, 3.05) is 6.54 Å². The van der Waals surface area contributed by atoms with Crippen LogP contribution in [0.4, 0.5) is 13.6 Å². The molecule has 1 atom stereocenters. The summed E-state index contributed by atoms with van der Waals surface area (Å²) in [4.78, 5) is 30.5. The summed E-state index contributed by atoms with van der Waals surface area (Å²) in [5, 5.41) is 9.98. The Morgan fingerprint density at radius 1 is 1.10 bits per heavy atom. The van der Waals surface area contributed by atoms with E-state index >= 15 is 0 Å². The van der Waals surface area contributed by atoms with E-state index in [1.807, 2.05) is 13.8 Å². The van der Waals surface area contributed by atoms with Crippen LogP contribution in [0.3, 0.4) is 0 Å². The van der Waals surface area contributed by atoms with Gasteiger partial charge in [-0.2, -0.15) is 5.10 Å². The number of alkyl carbamates (subject to hydrolysis) is 1. The van der Waals surface area contributed by atoms with Crippen LogP contribution in [0.5, 0.6) is 5.75 Å². The summed E-state index contributed by atoms with van der Waals surface area (Å²) in [6, 6.07) is 6.95. The lowest BCUT2D eigenvalue weighted by Gasteiger charge is -2.31. The van der Waals surface area contributed by atoms with Crippen molar-refractivity contribution in [3.05, 3.63) is 77.5 Å².